The number of carbonyl (C=O) groups is 1. The normalized spacial score (nSPS) is 11.8. The minimum atomic E-state index is -0.494. The molecule has 0 amide bonds. The van der Waals surface area contributed by atoms with E-state index in [0.29, 0.717) is 5.75 Å². The van der Waals surface area contributed by atoms with Crippen LogP contribution in [-0.2, 0) is 4.79 Å². The molecule has 0 spiro atoms. The Kier molecular flexibility index (Phi) is 4.89. The number of benzene rings is 2. The summed E-state index contributed by atoms with van der Waals surface area (Å²) in [6, 6.07) is 9.56. The molecule has 0 aromatic heterocycles. The molecule has 0 saturated heterocycles. The zero-order chi connectivity index (χ0) is 17.1. The second-order valence-electron chi connectivity index (χ2n) is 5.91. The second kappa shape index (κ2) is 6.69. The molecule has 3 nitrogen and oxygen atoms in total. The highest BCUT2D eigenvalue weighted by Gasteiger charge is 2.19. The summed E-state index contributed by atoms with van der Waals surface area (Å²) in [4.78, 5) is 11.6. The Morgan fingerprint density at radius 3 is 2.43 bits per heavy atom. The highest BCUT2D eigenvalue weighted by atomic mass is 16.5. The van der Waals surface area contributed by atoms with Crippen molar-refractivity contribution in [1.29, 1.82) is 0 Å². The van der Waals surface area contributed by atoms with Gasteiger partial charge < -0.3 is 9.84 Å². The summed E-state index contributed by atoms with van der Waals surface area (Å²) in [6.07, 6.45) is 1.14. The van der Waals surface area contributed by atoms with Crippen molar-refractivity contribution in [3.8, 4) is 11.5 Å². The first-order valence-electron chi connectivity index (χ1n) is 7.58. The molecule has 0 heterocycles. The van der Waals surface area contributed by atoms with E-state index in [0.717, 1.165) is 33.9 Å². The predicted molar refractivity (Wildman–Crippen MR) is 92.1 cm³/mol. The van der Waals surface area contributed by atoms with Crippen LogP contribution in [0.15, 0.2) is 43.0 Å². The molecule has 1 N–H and O–H groups in total. The number of phenolic OH excluding ortho intramolecular Hbond substituents is 1. The van der Waals surface area contributed by atoms with E-state index in [2.05, 4.69) is 6.58 Å². The topological polar surface area (TPSA) is 46.5 Å². The van der Waals surface area contributed by atoms with Crippen molar-refractivity contribution in [1.82, 2.24) is 0 Å². The highest BCUT2D eigenvalue weighted by molar-refractivity contribution is 5.83. The average molecular weight is 310 g/mol. The van der Waals surface area contributed by atoms with Gasteiger partial charge in [0.1, 0.15) is 11.5 Å². The van der Waals surface area contributed by atoms with Crippen LogP contribution in [0.3, 0.4) is 0 Å². The van der Waals surface area contributed by atoms with Crippen LogP contribution in [0, 0.1) is 20.8 Å². The summed E-state index contributed by atoms with van der Waals surface area (Å²) in [6.45, 7) is 11.3. The molecule has 1 unspecified atom stereocenters. The van der Waals surface area contributed by atoms with E-state index in [1.165, 1.54) is 0 Å². The van der Waals surface area contributed by atoms with Crippen LogP contribution in [-0.4, -0.2) is 11.1 Å². The van der Waals surface area contributed by atoms with Crippen molar-refractivity contribution >= 4 is 5.97 Å². The molecule has 0 bridgehead atoms. The van der Waals surface area contributed by atoms with Crippen LogP contribution < -0.4 is 4.74 Å². The van der Waals surface area contributed by atoms with Crippen LogP contribution in [0.2, 0.25) is 0 Å². The fourth-order valence-corrected chi connectivity index (χ4v) is 2.74. The molecular formula is C20H22O3. The summed E-state index contributed by atoms with van der Waals surface area (Å²) < 4.78 is 5.35. The van der Waals surface area contributed by atoms with Gasteiger partial charge in [0.25, 0.3) is 0 Å². The first kappa shape index (κ1) is 16.8. The van der Waals surface area contributed by atoms with Crippen molar-refractivity contribution in [2.45, 2.75) is 33.6 Å². The lowest BCUT2D eigenvalue weighted by Gasteiger charge is -2.19. The van der Waals surface area contributed by atoms with E-state index in [-0.39, 0.29) is 11.7 Å². The number of phenols is 1. The fourth-order valence-electron chi connectivity index (χ4n) is 2.74. The lowest BCUT2D eigenvalue weighted by atomic mass is 9.88. The largest absolute Gasteiger partial charge is 0.507 e. The van der Waals surface area contributed by atoms with E-state index in [9.17, 15) is 9.90 Å². The summed E-state index contributed by atoms with van der Waals surface area (Å²) in [5.74, 6) is 0.172. The van der Waals surface area contributed by atoms with E-state index < -0.39 is 5.97 Å². The summed E-state index contributed by atoms with van der Waals surface area (Å²) in [5.41, 5.74) is 4.67. The number of aryl methyl sites for hydroxylation is 3. The quantitative estimate of drug-likeness (QED) is 0.511. The van der Waals surface area contributed by atoms with Crippen molar-refractivity contribution in [2.75, 3.05) is 0 Å². The number of rotatable bonds is 4. The van der Waals surface area contributed by atoms with Crippen LogP contribution in [0.25, 0.3) is 0 Å². The lowest BCUT2D eigenvalue weighted by molar-refractivity contribution is -0.129. The van der Waals surface area contributed by atoms with Gasteiger partial charge in [0.2, 0.25) is 0 Å². The number of ether oxygens (including phenoxy) is 1. The molecule has 0 fully saturated rings. The Morgan fingerprint density at radius 2 is 1.78 bits per heavy atom. The van der Waals surface area contributed by atoms with Crippen LogP contribution in [0.5, 0.6) is 11.5 Å². The third kappa shape index (κ3) is 3.62. The smallest absolute Gasteiger partial charge is 0.335 e. The molecule has 0 aliphatic rings. The van der Waals surface area contributed by atoms with Crippen molar-refractivity contribution in [2.24, 2.45) is 0 Å². The average Bonchev–Trinajstić information content (AvgIpc) is 2.51. The van der Waals surface area contributed by atoms with E-state index in [4.69, 9.17) is 4.74 Å². The molecule has 2 aromatic rings. The Balaban J connectivity index is 2.54. The maximum Gasteiger partial charge on any atom is 0.335 e. The molecule has 0 aliphatic heterocycles. The molecule has 2 aromatic carbocycles. The Bertz CT molecular complexity index is 760. The van der Waals surface area contributed by atoms with E-state index in [1.807, 2.05) is 52.0 Å². The third-order valence-electron chi connectivity index (χ3n) is 3.95. The number of esters is 1. The summed E-state index contributed by atoms with van der Waals surface area (Å²) >= 11 is 0. The van der Waals surface area contributed by atoms with Gasteiger partial charge in [0, 0.05) is 23.1 Å². The molecule has 0 aliphatic carbocycles. The van der Waals surface area contributed by atoms with Gasteiger partial charge in [-0.05, 0) is 32.4 Å². The number of aromatic hydroxyl groups is 1. The van der Waals surface area contributed by atoms with Crippen molar-refractivity contribution < 1.29 is 14.6 Å². The fraction of sp³-hybridized carbons (Fsp3) is 0.250. The Hall–Kier alpha value is -2.55. The zero-order valence-electron chi connectivity index (χ0n) is 14.0. The predicted octanol–water partition coefficient (Wildman–Crippen LogP) is 4.56. The maximum atomic E-state index is 11.6. The molecule has 0 saturated carbocycles. The molecule has 3 heteroatoms. The van der Waals surface area contributed by atoms with Crippen molar-refractivity contribution in [3.63, 3.8) is 0 Å². The van der Waals surface area contributed by atoms with Crippen molar-refractivity contribution in [3.05, 3.63) is 70.8 Å². The van der Waals surface area contributed by atoms with Gasteiger partial charge in [-0.15, -0.1) is 0 Å². The third-order valence-corrected chi connectivity index (χ3v) is 3.95. The van der Waals surface area contributed by atoms with Gasteiger partial charge in [-0.3, -0.25) is 0 Å². The highest BCUT2D eigenvalue weighted by Crippen LogP contribution is 2.38. The zero-order valence-corrected chi connectivity index (χ0v) is 14.0. The van der Waals surface area contributed by atoms with Crippen LogP contribution >= 0.6 is 0 Å². The number of hydrogen-bond acceptors (Lipinski definition) is 3. The summed E-state index contributed by atoms with van der Waals surface area (Å²) in [7, 11) is 0. The first-order chi connectivity index (χ1) is 10.8. The van der Waals surface area contributed by atoms with E-state index in [1.54, 1.807) is 6.07 Å². The minimum Gasteiger partial charge on any atom is -0.507 e. The SMILES string of the molecule is C=CC(=O)Oc1ccc(C)cc1C(C)c1cc(C)cc(C)c1O. The summed E-state index contributed by atoms with van der Waals surface area (Å²) in [5, 5.41) is 10.4. The first-order valence-corrected chi connectivity index (χ1v) is 7.58. The minimum absolute atomic E-state index is 0.110. The van der Waals surface area contributed by atoms with Gasteiger partial charge in [0.05, 0.1) is 0 Å². The van der Waals surface area contributed by atoms with Crippen LogP contribution in [0.1, 0.15) is 40.7 Å². The molecule has 23 heavy (non-hydrogen) atoms. The second-order valence-corrected chi connectivity index (χ2v) is 5.91. The van der Waals surface area contributed by atoms with Gasteiger partial charge >= 0.3 is 5.97 Å². The Labute approximate surface area is 137 Å². The van der Waals surface area contributed by atoms with Gasteiger partial charge in [-0.1, -0.05) is 48.9 Å². The maximum absolute atomic E-state index is 11.6. The monoisotopic (exact) mass is 310 g/mol. The molecule has 120 valence electrons. The molecule has 0 radical (unpaired) electrons. The lowest BCUT2D eigenvalue weighted by Crippen LogP contribution is -2.08. The molecule has 2 rings (SSSR count). The van der Waals surface area contributed by atoms with Gasteiger partial charge in [0.15, 0.2) is 0 Å². The van der Waals surface area contributed by atoms with Gasteiger partial charge in [-0.2, -0.15) is 0 Å². The number of carbonyl (C=O) groups excluding carboxylic acids is 1. The molecular weight excluding hydrogens is 288 g/mol. The molecule has 1 atom stereocenters. The van der Waals surface area contributed by atoms with Gasteiger partial charge in [-0.25, -0.2) is 4.79 Å². The van der Waals surface area contributed by atoms with E-state index >= 15 is 0 Å². The standard InChI is InChI=1S/C20H22O3/c1-6-19(21)23-18-8-7-12(2)10-16(18)15(5)17-11-13(3)9-14(4)20(17)22/h6-11,15,22H,1H2,2-5H3. The Morgan fingerprint density at radius 1 is 1.13 bits per heavy atom. The number of hydrogen-bond donors (Lipinski definition) is 1. The van der Waals surface area contributed by atoms with Crippen LogP contribution in [0.4, 0.5) is 0 Å².